The molecular weight excluding hydrogens is 388 g/mol. The molecule has 2 fully saturated rings. The van der Waals surface area contributed by atoms with Gasteiger partial charge in [-0.2, -0.15) is 0 Å². The van der Waals surface area contributed by atoms with Gasteiger partial charge in [-0.3, -0.25) is 4.79 Å². The number of aliphatic hydroxyl groups excluding tert-OH is 3. The number of hydrogen-bond acceptors (Lipinski definition) is 4. The number of carbonyl (C=O) groups excluding carboxylic acids is 1. The Bertz CT molecular complexity index is 710. The van der Waals surface area contributed by atoms with Crippen molar-refractivity contribution in [3.8, 4) is 0 Å². The highest BCUT2D eigenvalue weighted by atomic mass is 16.3. The van der Waals surface area contributed by atoms with Crippen LogP contribution in [0.3, 0.4) is 0 Å². The van der Waals surface area contributed by atoms with Gasteiger partial charge >= 0.3 is 0 Å². The lowest BCUT2D eigenvalue weighted by atomic mass is 9.55. The Labute approximate surface area is 188 Å². The third kappa shape index (κ3) is 4.58. The maximum atomic E-state index is 13.8. The lowest BCUT2D eigenvalue weighted by molar-refractivity contribution is -0.138. The second kappa shape index (κ2) is 9.49. The van der Waals surface area contributed by atoms with Crippen LogP contribution in [0.4, 0.5) is 0 Å². The summed E-state index contributed by atoms with van der Waals surface area (Å²) in [6, 6.07) is 0. The minimum atomic E-state index is -0.687. The smallest absolute Gasteiger partial charge is 0.165 e. The molecule has 3 aliphatic rings. The largest absolute Gasteiger partial charge is 0.396 e. The Kier molecular flexibility index (Phi) is 7.55. The van der Waals surface area contributed by atoms with Gasteiger partial charge in [0.2, 0.25) is 0 Å². The summed E-state index contributed by atoms with van der Waals surface area (Å²) in [4.78, 5) is 13.8. The van der Waals surface area contributed by atoms with Crippen molar-refractivity contribution in [3.05, 3.63) is 23.8 Å². The highest BCUT2D eigenvalue weighted by Gasteiger charge is 2.56. The van der Waals surface area contributed by atoms with Crippen LogP contribution in [-0.4, -0.2) is 39.9 Å². The lowest BCUT2D eigenvalue weighted by Crippen LogP contribution is -2.52. The Morgan fingerprint density at radius 2 is 1.87 bits per heavy atom. The first-order valence-corrected chi connectivity index (χ1v) is 12.4. The Hall–Kier alpha value is -0.970. The van der Waals surface area contributed by atoms with Gasteiger partial charge in [0.1, 0.15) is 0 Å². The van der Waals surface area contributed by atoms with Gasteiger partial charge in [-0.15, -0.1) is 0 Å². The number of aliphatic hydroxyl groups is 3. The Morgan fingerprint density at radius 3 is 2.52 bits per heavy atom. The lowest BCUT2D eigenvalue weighted by Gasteiger charge is -2.49. The molecule has 31 heavy (non-hydrogen) atoms. The van der Waals surface area contributed by atoms with E-state index in [0.717, 1.165) is 24.8 Å². The molecule has 0 aromatic rings. The second-order valence-corrected chi connectivity index (χ2v) is 11.5. The zero-order valence-electron chi connectivity index (χ0n) is 20.2. The SMILES string of the molecule is CC(C)CC=CC(C)C1CCC(C2=CC(O)C3CC(O)CCC3(C)C2=O)C1(C)CCO. The molecule has 0 spiro atoms. The molecule has 0 heterocycles. The number of fused-ring (bicyclic) bond motifs is 1. The monoisotopic (exact) mass is 432 g/mol. The maximum Gasteiger partial charge on any atom is 0.165 e. The second-order valence-electron chi connectivity index (χ2n) is 11.5. The molecule has 3 N–H and O–H groups in total. The van der Waals surface area contributed by atoms with Crippen LogP contribution in [0.5, 0.6) is 0 Å². The average molecular weight is 433 g/mol. The molecule has 3 rings (SSSR count). The molecule has 0 radical (unpaired) electrons. The van der Waals surface area contributed by atoms with E-state index in [9.17, 15) is 20.1 Å². The van der Waals surface area contributed by atoms with Crippen molar-refractivity contribution < 1.29 is 20.1 Å². The van der Waals surface area contributed by atoms with Crippen molar-refractivity contribution in [1.82, 2.24) is 0 Å². The van der Waals surface area contributed by atoms with Crippen molar-refractivity contribution in [1.29, 1.82) is 0 Å². The van der Waals surface area contributed by atoms with Gasteiger partial charge in [0, 0.05) is 17.9 Å². The zero-order valence-corrected chi connectivity index (χ0v) is 20.2. The topological polar surface area (TPSA) is 77.8 Å². The molecule has 0 aliphatic heterocycles. The standard InChI is InChI=1S/C27H44O4/c1-17(2)7-6-8-18(3)21-9-10-22(26(21,4)13-14-28)20-16-24(30)23-15-19(29)11-12-27(23,5)25(20)31/h6,8,16-19,21-24,28-30H,7,9-15H2,1-5H3. The Balaban J connectivity index is 1.90. The summed E-state index contributed by atoms with van der Waals surface area (Å²) < 4.78 is 0. The molecule has 0 bridgehead atoms. The van der Waals surface area contributed by atoms with Crippen LogP contribution in [0, 0.1) is 40.4 Å². The number of hydrogen-bond donors (Lipinski definition) is 3. The van der Waals surface area contributed by atoms with E-state index < -0.39 is 17.6 Å². The van der Waals surface area contributed by atoms with Crippen LogP contribution in [0.1, 0.15) is 79.6 Å². The van der Waals surface area contributed by atoms with Crippen LogP contribution < -0.4 is 0 Å². The molecule has 2 saturated carbocycles. The van der Waals surface area contributed by atoms with Gasteiger partial charge in [-0.1, -0.05) is 46.8 Å². The van der Waals surface area contributed by atoms with E-state index in [1.807, 2.05) is 13.0 Å². The van der Waals surface area contributed by atoms with Crippen molar-refractivity contribution >= 4 is 5.78 Å². The fourth-order valence-electron chi connectivity index (χ4n) is 7.04. The minimum Gasteiger partial charge on any atom is -0.396 e. The third-order valence-corrected chi connectivity index (χ3v) is 9.00. The fourth-order valence-corrected chi connectivity index (χ4v) is 7.04. The van der Waals surface area contributed by atoms with Crippen LogP contribution in [-0.2, 0) is 4.79 Å². The maximum absolute atomic E-state index is 13.8. The van der Waals surface area contributed by atoms with Crippen LogP contribution >= 0.6 is 0 Å². The van der Waals surface area contributed by atoms with E-state index in [2.05, 4.69) is 39.8 Å². The third-order valence-electron chi connectivity index (χ3n) is 9.00. The summed E-state index contributed by atoms with van der Waals surface area (Å²) in [6.07, 6.45) is 10.8. The average Bonchev–Trinajstić information content (AvgIpc) is 3.03. The first-order valence-electron chi connectivity index (χ1n) is 12.4. The predicted octanol–water partition coefficient (Wildman–Crippen LogP) is 4.68. The molecule has 176 valence electrons. The molecule has 0 aromatic carbocycles. The first kappa shape index (κ1) is 24.7. The molecule has 0 saturated heterocycles. The molecular formula is C27H44O4. The molecule has 4 nitrogen and oxygen atoms in total. The van der Waals surface area contributed by atoms with Gasteiger partial charge in [0.05, 0.1) is 12.2 Å². The highest BCUT2D eigenvalue weighted by molar-refractivity contribution is 6.01. The molecule has 8 atom stereocenters. The number of Topliss-reactive ketones (excluding diaryl/α,β-unsaturated/α-hetero) is 1. The van der Waals surface area contributed by atoms with Gasteiger partial charge in [0.15, 0.2) is 5.78 Å². The molecule has 0 amide bonds. The number of carbonyl (C=O) groups is 1. The van der Waals surface area contributed by atoms with Crippen molar-refractivity contribution in [2.75, 3.05) is 6.61 Å². The first-order chi connectivity index (χ1) is 14.5. The molecule has 8 unspecified atom stereocenters. The summed E-state index contributed by atoms with van der Waals surface area (Å²) in [6.45, 7) is 11.1. The fraction of sp³-hybridized carbons (Fsp3) is 0.815. The van der Waals surface area contributed by atoms with E-state index in [1.165, 1.54) is 0 Å². The summed E-state index contributed by atoms with van der Waals surface area (Å²) in [7, 11) is 0. The summed E-state index contributed by atoms with van der Waals surface area (Å²) in [5.74, 6) is 1.46. The van der Waals surface area contributed by atoms with Gasteiger partial charge in [0.25, 0.3) is 0 Å². The van der Waals surface area contributed by atoms with E-state index >= 15 is 0 Å². The summed E-state index contributed by atoms with van der Waals surface area (Å²) in [5.41, 5.74) is 0.0259. The molecule has 4 heteroatoms. The summed E-state index contributed by atoms with van der Waals surface area (Å²) in [5, 5.41) is 31.0. The van der Waals surface area contributed by atoms with Crippen molar-refractivity contribution in [3.63, 3.8) is 0 Å². The minimum absolute atomic E-state index is 0.0670. The Morgan fingerprint density at radius 1 is 1.16 bits per heavy atom. The van der Waals surface area contributed by atoms with Gasteiger partial charge in [-0.05, 0) is 85.7 Å². The van der Waals surface area contributed by atoms with Gasteiger partial charge in [-0.25, -0.2) is 0 Å². The normalized spacial score (nSPS) is 42.2. The van der Waals surface area contributed by atoms with E-state index in [1.54, 1.807) is 0 Å². The molecule has 3 aliphatic carbocycles. The quantitative estimate of drug-likeness (QED) is 0.511. The van der Waals surface area contributed by atoms with Crippen molar-refractivity contribution in [2.45, 2.75) is 91.8 Å². The van der Waals surface area contributed by atoms with Crippen LogP contribution in [0.25, 0.3) is 0 Å². The number of allylic oxidation sites excluding steroid dienone is 3. The van der Waals surface area contributed by atoms with E-state index in [4.69, 9.17) is 0 Å². The van der Waals surface area contributed by atoms with E-state index in [0.29, 0.717) is 43.4 Å². The molecule has 0 aromatic heterocycles. The van der Waals surface area contributed by atoms with Crippen LogP contribution in [0.2, 0.25) is 0 Å². The number of rotatable bonds is 7. The van der Waals surface area contributed by atoms with Gasteiger partial charge < -0.3 is 15.3 Å². The van der Waals surface area contributed by atoms with Crippen LogP contribution in [0.15, 0.2) is 23.8 Å². The van der Waals surface area contributed by atoms with Crippen molar-refractivity contribution in [2.24, 2.45) is 40.4 Å². The summed E-state index contributed by atoms with van der Waals surface area (Å²) >= 11 is 0. The van der Waals surface area contributed by atoms with E-state index in [-0.39, 0.29) is 29.6 Å². The highest BCUT2D eigenvalue weighted by Crippen LogP contribution is 2.59. The predicted molar refractivity (Wildman–Crippen MR) is 124 cm³/mol. The number of ketones is 1. The zero-order chi connectivity index (χ0) is 23.0.